The molecule has 1 unspecified atom stereocenters. The van der Waals surface area contributed by atoms with Gasteiger partial charge >= 0.3 is 0 Å². The Morgan fingerprint density at radius 1 is 1.11 bits per heavy atom. The second-order valence-corrected chi connectivity index (χ2v) is 9.60. The fourth-order valence-corrected chi connectivity index (χ4v) is 4.90. The first-order valence-electron chi connectivity index (χ1n) is 11.9. The van der Waals surface area contributed by atoms with Crippen molar-refractivity contribution in [2.45, 2.75) is 25.8 Å². The predicted octanol–water partition coefficient (Wildman–Crippen LogP) is 6.50. The van der Waals surface area contributed by atoms with Gasteiger partial charge in [0, 0.05) is 47.5 Å². The van der Waals surface area contributed by atoms with Crippen molar-refractivity contribution in [1.29, 1.82) is 0 Å². The largest absolute Gasteiger partial charge is 0.508 e. The number of aryl methyl sites for hydroxylation is 1. The Morgan fingerprint density at radius 2 is 1.83 bits per heavy atom. The third-order valence-electron chi connectivity index (χ3n) is 6.81. The zero-order chi connectivity index (χ0) is 24.7. The molecule has 3 aromatic carbocycles. The maximum Gasteiger partial charge on any atom is 0.193 e. The maximum atomic E-state index is 13.1. The standard InChI is InChI=1S/C30H30N2O3/c1-18-13-25(19(2)31-27-8-6-5-7-24(27)20(3)33)30-26(14-18)28(34)15-29(35-30)22-11-9-21(10-12-22)23-16-32(4)17-23/h5-15,19,23,31,33H,3,16-17H2,1-2,4H3. The molecular weight excluding hydrogens is 436 g/mol. The molecule has 0 aliphatic carbocycles. The van der Waals surface area contributed by atoms with Crippen LogP contribution in [0.25, 0.3) is 28.1 Å². The van der Waals surface area contributed by atoms with E-state index < -0.39 is 0 Å². The Labute approximate surface area is 205 Å². The summed E-state index contributed by atoms with van der Waals surface area (Å²) in [6.07, 6.45) is 0. The monoisotopic (exact) mass is 466 g/mol. The summed E-state index contributed by atoms with van der Waals surface area (Å²) in [5.41, 5.74) is 5.97. The lowest BCUT2D eigenvalue weighted by atomic mass is 9.91. The molecule has 1 aromatic heterocycles. The van der Waals surface area contributed by atoms with Gasteiger partial charge in [-0.15, -0.1) is 0 Å². The minimum absolute atomic E-state index is 0.000195. The van der Waals surface area contributed by atoms with E-state index >= 15 is 0 Å². The highest BCUT2D eigenvalue weighted by Crippen LogP contribution is 2.33. The van der Waals surface area contributed by atoms with E-state index in [0.29, 0.717) is 28.2 Å². The van der Waals surface area contributed by atoms with Gasteiger partial charge in [0.2, 0.25) is 0 Å². The summed E-state index contributed by atoms with van der Waals surface area (Å²) in [7, 11) is 2.13. The smallest absolute Gasteiger partial charge is 0.193 e. The number of fused-ring (bicyclic) bond motifs is 1. The summed E-state index contributed by atoms with van der Waals surface area (Å²) in [5, 5.41) is 14.0. The molecule has 0 bridgehead atoms. The number of anilines is 1. The Kier molecular flexibility index (Phi) is 5.95. The second kappa shape index (κ2) is 9.08. The normalized spacial score (nSPS) is 15.1. The summed E-state index contributed by atoms with van der Waals surface area (Å²) in [4.78, 5) is 15.4. The third-order valence-corrected chi connectivity index (χ3v) is 6.81. The van der Waals surface area contributed by atoms with Crippen LogP contribution < -0.4 is 10.7 Å². The van der Waals surface area contributed by atoms with Gasteiger partial charge in [-0.1, -0.05) is 49.0 Å². The van der Waals surface area contributed by atoms with Crippen LogP contribution >= 0.6 is 0 Å². The van der Waals surface area contributed by atoms with Crippen molar-refractivity contribution in [3.05, 3.63) is 106 Å². The van der Waals surface area contributed by atoms with Gasteiger partial charge in [0.05, 0.1) is 11.4 Å². The number of hydrogen-bond acceptors (Lipinski definition) is 5. The van der Waals surface area contributed by atoms with Crippen LogP contribution in [0.5, 0.6) is 0 Å². The van der Waals surface area contributed by atoms with Crippen molar-refractivity contribution < 1.29 is 9.52 Å². The second-order valence-electron chi connectivity index (χ2n) is 9.60. The van der Waals surface area contributed by atoms with Crippen LogP contribution in [-0.2, 0) is 0 Å². The number of benzene rings is 3. The Balaban J connectivity index is 1.54. The number of para-hydroxylation sites is 1. The van der Waals surface area contributed by atoms with Crippen LogP contribution in [-0.4, -0.2) is 30.1 Å². The van der Waals surface area contributed by atoms with E-state index in [1.807, 2.05) is 62.4 Å². The molecule has 0 radical (unpaired) electrons. The van der Waals surface area contributed by atoms with Gasteiger partial charge in [0.15, 0.2) is 5.43 Å². The van der Waals surface area contributed by atoms with Gasteiger partial charge in [-0.25, -0.2) is 0 Å². The Hall–Kier alpha value is -3.83. The highest BCUT2D eigenvalue weighted by molar-refractivity contribution is 5.83. The van der Waals surface area contributed by atoms with Gasteiger partial charge in [0.1, 0.15) is 17.1 Å². The molecule has 1 fully saturated rings. The zero-order valence-corrected chi connectivity index (χ0v) is 20.3. The van der Waals surface area contributed by atoms with Crippen LogP contribution in [0, 0.1) is 6.92 Å². The lowest BCUT2D eigenvalue weighted by Gasteiger charge is -2.36. The maximum absolute atomic E-state index is 13.1. The van der Waals surface area contributed by atoms with Crippen LogP contribution in [0.3, 0.4) is 0 Å². The van der Waals surface area contributed by atoms with Gasteiger partial charge in [-0.3, -0.25) is 4.79 Å². The molecule has 2 N–H and O–H groups in total. The molecule has 0 spiro atoms. The number of nitrogens with zero attached hydrogens (tertiary/aromatic N) is 1. The number of likely N-dealkylation sites (tertiary alicyclic amines) is 1. The van der Waals surface area contributed by atoms with Crippen molar-refractivity contribution >= 4 is 22.4 Å². The molecular formula is C30H30N2O3. The number of nitrogens with one attached hydrogen (secondary N) is 1. The minimum atomic E-state index is -0.186. The Bertz CT molecular complexity index is 1460. The van der Waals surface area contributed by atoms with E-state index in [9.17, 15) is 9.90 Å². The van der Waals surface area contributed by atoms with Crippen molar-refractivity contribution in [1.82, 2.24) is 4.90 Å². The molecule has 5 heteroatoms. The highest BCUT2D eigenvalue weighted by Gasteiger charge is 2.24. The van der Waals surface area contributed by atoms with Gasteiger partial charge in [-0.2, -0.15) is 0 Å². The molecule has 0 saturated carbocycles. The number of rotatable bonds is 6. The lowest BCUT2D eigenvalue weighted by Crippen LogP contribution is -2.41. The third kappa shape index (κ3) is 4.47. The topological polar surface area (TPSA) is 65.7 Å². The van der Waals surface area contributed by atoms with E-state index in [2.05, 4.69) is 36.0 Å². The quantitative estimate of drug-likeness (QED) is 0.318. The van der Waals surface area contributed by atoms with Crippen LogP contribution in [0.15, 0.2) is 82.5 Å². The number of likely N-dealkylation sites (N-methyl/N-ethyl adjacent to an activating group) is 1. The summed E-state index contributed by atoms with van der Waals surface area (Å²) >= 11 is 0. The van der Waals surface area contributed by atoms with E-state index in [-0.39, 0.29) is 17.2 Å². The van der Waals surface area contributed by atoms with Gasteiger partial charge in [0.25, 0.3) is 0 Å². The first-order valence-corrected chi connectivity index (χ1v) is 11.9. The molecule has 35 heavy (non-hydrogen) atoms. The molecule has 5 nitrogen and oxygen atoms in total. The summed E-state index contributed by atoms with van der Waals surface area (Å²) in [5.74, 6) is 1.12. The molecule has 1 atom stereocenters. The number of aliphatic hydroxyl groups is 1. The zero-order valence-electron chi connectivity index (χ0n) is 20.3. The average Bonchev–Trinajstić information content (AvgIpc) is 2.82. The van der Waals surface area contributed by atoms with Crippen molar-refractivity contribution in [3.63, 3.8) is 0 Å². The average molecular weight is 467 g/mol. The molecule has 4 aromatic rings. The summed E-state index contributed by atoms with van der Waals surface area (Å²) in [6.45, 7) is 9.81. The molecule has 1 aliphatic heterocycles. The van der Waals surface area contributed by atoms with E-state index in [0.717, 1.165) is 35.5 Å². The van der Waals surface area contributed by atoms with Crippen molar-refractivity contribution in [2.24, 2.45) is 0 Å². The van der Waals surface area contributed by atoms with Crippen LogP contribution in [0.2, 0.25) is 0 Å². The van der Waals surface area contributed by atoms with Crippen LogP contribution in [0.4, 0.5) is 5.69 Å². The summed E-state index contributed by atoms with van der Waals surface area (Å²) in [6, 6.07) is 21.1. The SMILES string of the molecule is C=C(O)c1ccccc1NC(C)c1cc(C)cc2c(=O)cc(-c3ccc(C4CN(C)C4)cc3)oc12. The van der Waals surface area contributed by atoms with E-state index in [1.165, 1.54) is 5.56 Å². The molecule has 1 saturated heterocycles. The molecule has 0 amide bonds. The van der Waals surface area contributed by atoms with Crippen molar-refractivity contribution in [2.75, 3.05) is 25.5 Å². The molecule has 178 valence electrons. The molecule has 1 aliphatic rings. The lowest BCUT2D eigenvalue weighted by molar-refractivity contribution is 0.190. The highest BCUT2D eigenvalue weighted by atomic mass is 16.3. The van der Waals surface area contributed by atoms with E-state index in [1.54, 1.807) is 6.07 Å². The Morgan fingerprint density at radius 3 is 2.51 bits per heavy atom. The molecule has 5 rings (SSSR count). The van der Waals surface area contributed by atoms with Crippen LogP contribution in [0.1, 0.15) is 41.1 Å². The minimum Gasteiger partial charge on any atom is -0.508 e. The van der Waals surface area contributed by atoms with E-state index in [4.69, 9.17) is 4.42 Å². The first kappa shape index (κ1) is 22.9. The number of aliphatic hydroxyl groups excluding tert-OH is 1. The first-order chi connectivity index (χ1) is 16.8. The summed E-state index contributed by atoms with van der Waals surface area (Å²) < 4.78 is 6.39. The van der Waals surface area contributed by atoms with Gasteiger partial charge < -0.3 is 19.7 Å². The van der Waals surface area contributed by atoms with Gasteiger partial charge in [-0.05, 0) is 50.2 Å². The molecule has 2 heterocycles. The fraction of sp³-hybridized carbons (Fsp3) is 0.233. The predicted molar refractivity (Wildman–Crippen MR) is 143 cm³/mol. The fourth-order valence-electron chi connectivity index (χ4n) is 4.90. The van der Waals surface area contributed by atoms with Crippen molar-refractivity contribution in [3.8, 4) is 11.3 Å². The number of hydrogen-bond donors (Lipinski definition) is 2.